The summed E-state index contributed by atoms with van der Waals surface area (Å²) < 4.78 is 38.7. The van der Waals surface area contributed by atoms with E-state index in [0.29, 0.717) is 31.7 Å². The number of benzene rings is 1. The second-order valence-electron chi connectivity index (χ2n) is 8.10. The number of aromatic nitrogens is 2. The molecule has 0 spiro atoms. The maximum Gasteiger partial charge on any atom is 0.416 e. The van der Waals surface area contributed by atoms with E-state index in [1.54, 1.807) is 11.0 Å². The van der Waals surface area contributed by atoms with Crippen LogP contribution in [0, 0.1) is 6.92 Å². The summed E-state index contributed by atoms with van der Waals surface area (Å²) in [5.74, 6) is 1.46. The number of piperazine rings is 1. The number of carbonyl (C=O) groups excluding carboxylic acids is 1. The quantitative estimate of drug-likeness (QED) is 0.741. The Morgan fingerprint density at radius 2 is 1.68 bits per heavy atom. The van der Waals surface area contributed by atoms with Crippen molar-refractivity contribution in [2.45, 2.75) is 32.4 Å². The summed E-state index contributed by atoms with van der Waals surface area (Å²) in [5, 5.41) is 0. The lowest BCUT2D eigenvalue weighted by atomic mass is 10.1. The highest BCUT2D eigenvalue weighted by atomic mass is 19.4. The summed E-state index contributed by atoms with van der Waals surface area (Å²) in [6.45, 7) is 6.19. The Bertz CT molecular complexity index is 935. The van der Waals surface area contributed by atoms with Gasteiger partial charge in [0.15, 0.2) is 0 Å². The van der Waals surface area contributed by atoms with Crippen LogP contribution in [0.25, 0.3) is 0 Å². The van der Waals surface area contributed by atoms with Crippen molar-refractivity contribution in [3.05, 3.63) is 47.2 Å². The molecule has 0 atom stereocenters. The van der Waals surface area contributed by atoms with Gasteiger partial charge in [-0.05, 0) is 31.4 Å². The predicted octanol–water partition coefficient (Wildman–Crippen LogP) is 3.30. The Balaban J connectivity index is 1.37. The number of hydrogen-bond donors (Lipinski definition) is 0. The van der Waals surface area contributed by atoms with Crippen LogP contribution < -0.4 is 9.80 Å². The molecule has 0 bridgehead atoms. The summed E-state index contributed by atoms with van der Waals surface area (Å²) in [7, 11) is 0. The molecule has 2 saturated heterocycles. The Morgan fingerprint density at radius 1 is 0.968 bits per heavy atom. The van der Waals surface area contributed by atoms with E-state index in [9.17, 15) is 18.0 Å². The minimum atomic E-state index is -4.41. The summed E-state index contributed by atoms with van der Waals surface area (Å²) >= 11 is 0. The monoisotopic (exact) mass is 433 g/mol. The predicted molar refractivity (Wildman–Crippen MR) is 112 cm³/mol. The van der Waals surface area contributed by atoms with Gasteiger partial charge in [0.2, 0.25) is 11.9 Å². The fourth-order valence-corrected chi connectivity index (χ4v) is 4.09. The molecule has 2 aliphatic heterocycles. The van der Waals surface area contributed by atoms with Crippen molar-refractivity contribution in [2.75, 3.05) is 49.1 Å². The molecule has 1 aromatic carbocycles. The molecule has 0 radical (unpaired) electrons. The highest BCUT2D eigenvalue weighted by molar-refractivity contribution is 5.79. The van der Waals surface area contributed by atoms with Crippen LogP contribution >= 0.6 is 0 Å². The van der Waals surface area contributed by atoms with Crippen LogP contribution in [-0.4, -0.2) is 60.0 Å². The molecule has 4 rings (SSSR count). The van der Waals surface area contributed by atoms with Crippen LogP contribution in [-0.2, 0) is 17.4 Å². The SMILES string of the molecule is Cc1cc(N2CCN(C(=O)Cc3cccc(C(F)(F)F)c3)CC2)nc(N2CCCC2)n1. The normalized spacial score (nSPS) is 17.4. The van der Waals surface area contributed by atoms with Gasteiger partial charge in [-0.3, -0.25) is 4.79 Å². The van der Waals surface area contributed by atoms with Gasteiger partial charge in [-0.25, -0.2) is 4.98 Å². The highest BCUT2D eigenvalue weighted by Crippen LogP contribution is 2.29. The molecule has 2 fully saturated rings. The minimum Gasteiger partial charge on any atom is -0.353 e. The lowest BCUT2D eigenvalue weighted by Gasteiger charge is -2.36. The van der Waals surface area contributed by atoms with E-state index in [4.69, 9.17) is 4.98 Å². The molecule has 0 saturated carbocycles. The van der Waals surface area contributed by atoms with Gasteiger partial charge in [-0.1, -0.05) is 18.2 Å². The third-order valence-corrected chi connectivity index (χ3v) is 5.78. The van der Waals surface area contributed by atoms with E-state index < -0.39 is 11.7 Å². The molecule has 3 heterocycles. The van der Waals surface area contributed by atoms with Gasteiger partial charge in [0.05, 0.1) is 12.0 Å². The zero-order valence-electron chi connectivity index (χ0n) is 17.5. The molecule has 0 unspecified atom stereocenters. The van der Waals surface area contributed by atoms with E-state index in [0.717, 1.165) is 55.5 Å². The molecular formula is C22H26F3N5O. The number of rotatable bonds is 4. The van der Waals surface area contributed by atoms with E-state index in [2.05, 4.69) is 14.8 Å². The second kappa shape index (κ2) is 8.72. The maximum atomic E-state index is 12.9. The molecule has 1 amide bonds. The van der Waals surface area contributed by atoms with Gasteiger partial charge in [0.1, 0.15) is 5.82 Å². The molecule has 0 aliphatic carbocycles. The summed E-state index contributed by atoms with van der Waals surface area (Å²) in [5.41, 5.74) is 0.564. The molecular weight excluding hydrogens is 407 g/mol. The molecule has 6 nitrogen and oxygen atoms in total. The highest BCUT2D eigenvalue weighted by Gasteiger charge is 2.31. The topological polar surface area (TPSA) is 52.6 Å². The van der Waals surface area contributed by atoms with E-state index in [-0.39, 0.29) is 12.3 Å². The lowest BCUT2D eigenvalue weighted by molar-refractivity contribution is -0.138. The molecule has 9 heteroatoms. The van der Waals surface area contributed by atoms with Gasteiger partial charge < -0.3 is 14.7 Å². The smallest absolute Gasteiger partial charge is 0.353 e. The van der Waals surface area contributed by atoms with Crippen molar-refractivity contribution >= 4 is 17.7 Å². The van der Waals surface area contributed by atoms with Crippen LogP contribution in [0.2, 0.25) is 0 Å². The molecule has 31 heavy (non-hydrogen) atoms. The third-order valence-electron chi connectivity index (χ3n) is 5.78. The van der Waals surface area contributed by atoms with Crippen molar-refractivity contribution in [3.8, 4) is 0 Å². The Morgan fingerprint density at radius 3 is 2.35 bits per heavy atom. The van der Waals surface area contributed by atoms with E-state index in [1.165, 1.54) is 6.07 Å². The van der Waals surface area contributed by atoms with Crippen molar-refractivity contribution in [1.29, 1.82) is 0 Å². The number of carbonyl (C=O) groups is 1. The number of aryl methyl sites for hydroxylation is 1. The second-order valence-corrected chi connectivity index (χ2v) is 8.10. The number of hydrogen-bond acceptors (Lipinski definition) is 5. The van der Waals surface area contributed by atoms with Crippen molar-refractivity contribution in [3.63, 3.8) is 0 Å². The molecule has 0 N–H and O–H groups in total. The Kier molecular flexibility index (Phi) is 6.02. The summed E-state index contributed by atoms with van der Waals surface area (Å²) in [6.07, 6.45) is -2.14. The summed E-state index contributed by atoms with van der Waals surface area (Å²) in [4.78, 5) is 28.0. The zero-order valence-corrected chi connectivity index (χ0v) is 17.5. The fourth-order valence-electron chi connectivity index (χ4n) is 4.09. The fraction of sp³-hybridized carbons (Fsp3) is 0.500. The van der Waals surface area contributed by atoms with Gasteiger partial charge in [0, 0.05) is 51.0 Å². The minimum absolute atomic E-state index is 0.0321. The molecule has 2 aromatic rings. The first-order valence-electron chi connectivity index (χ1n) is 10.6. The first-order chi connectivity index (χ1) is 14.8. The molecule has 2 aliphatic rings. The van der Waals surface area contributed by atoms with Crippen molar-refractivity contribution in [2.24, 2.45) is 0 Å². The number of halogens is 3. The molecule has 166 valence electrons. The zero-order chi connectivity index (χ0) is 22.0. The Hall–Kier alpha value is -2.84. The number of nitrogens with zero attached hydrogens (tertiary/aromatic N) is 5. The van der Waals surface area contributed by atoms with Gasteiger partial charge in [-0.15, -0.1) is 0 Å². The maximum absolute atomic E-state index is 12.9. The van der Waals surface area contributed by atoms with Crippen molar-refractivity contribution < 1.29 is 18.0 Å². The number of amides is 1. The lowest BCUT2D eigenvalue weighted by Crippen LogP contribution is -2.49. The van der Waals surface area contributed by atoms with Gasteiger partial charge in [-0.2, -0.15) is 18.2 Å². The van der Waals surface area contributed by atoms with Crippen LogP contribution in [0.5, 0.6) is 0 Å². The number of alkyl halides is 3. The first-order valence-corrected chi connectivity index (χ1v) is 10.6. The average Bonchev–Trinajstić information content (AvgIpc) is 3.28. The van der Waals surface area contributed by atoms with E-state index in [1.807, 2.05) is 13.0 Å². The van der Waals surface area contributed by atoms with Crippen molar-refractivity contribution in [1.82, 2.24) is 14.9 Å². The standard InChI is InChI=1S/C22H26F3N5O/c1-16-13-19(27-21(26-16)30-7-2-3-8-30)28-9-11-29(12-10-28)20(31)15-17-5-4-6-18(14-17)22(23,24)25/h4-6,13-14H,2-3,7-12,15H2,1H3. The van der Waals surface area contributed by atoms with Crippen LogP contribution in [0.15, 0.2) is 30.3 Å². The van der Waals surface area contributed by atoms with Gasteiger partial charge >= 0.3 is 6.18 Å². The molecule has 1 aromatic heterocycles. The average molecular weight is 433 g/mol. The Labute approximate surface area is 179 Å². The largest absolute Gasteiger partial charge is 0.416 e. The summed E-state index contributed by atoms with van der Waals surface area (Å²) in [6, 6.07) is 6.94. The van der Waals surface area contributed by atoms with E-state index >= 15 is 0 Å². The van der Waals surface area contributed by atoms with Crippen LogP contribution in [0.3, 0.4) is 0 Å². The van der Waals surface area contributed by atoms with Gasteiger partial charge in [0.25, 0.3) is 0 Å². The number of anilines is 2. The first kappa shape index (κ1) is 21.4. The van der Waals surface area contributed by atoms with Crippen LogP contribution in [0.1, 0.15) is 29.7 Å². The van der Waals surface area contributed by atoms with Crippen LogP contribution in [0.4, 0.5) is 24.9 Å². The third kappa shape index (κ3) is 5.08.